The van der Waals surface area contributed by atoms with Crippen LogP contribution in [0.4, 0.5) is 5.69 Å². The second kappa shape index (κ2) is 5.57. The average Bonchev–Trinajstić information content (AvgIpc) is 3.03. The van der Waals surface area contributed by atoms with Crippen LogP contribution in [0, 0.1) is 13.8 Å². The molecular formula is C18H17N3O2S2. The molecule has 0 atom stereocenters. The molecule has 2 heterocycles. The molecule has 0 saturated carbocycles. The van der Waals surface area contributed by atoms with E-state index in [0.717, 1.165) is 33.7 Å². The summed E-state index contributed by atoms with van der Waals surface area (Å²) >= 11 is 1.68. The zero-order valence-electron chi connectivity index (χ0n) is 14.1. The standard InChI is InChI=1S/C18H17N3O2S2/c1-11-4-9-15-16(10-11)24-18-19-17(12(2)21(15)18)13-5-7-14(8-6-13)20-25(3,22)23/h4-10,20H,1-3H3. The maximum Gasteiger partial charge on any atom is 0.229 e. The van der Waals surface area contributed by atoms with E-state index in [4.69, 9.17) is 4.98 Å². The Morgan fingerprint density at radius 2 is 1.80 bits per heavy atom. The van der Waals surface area contributed by atoms with Crippen LogP contribution in [0.1, 0.15) is 11.3 Å². The predicted molar refractivity (Wildman–Crippen MR) is 104 cm³/mol. The van der Waals surface area contributed by atoms with Crippen LogP contribution < -0.4 is 4.72 Å². The zero-order chi connectivity index (χ0) is 17.8. The van der Waals surface area contributed by atoms with Crippen molar-refractivity contribution in [3.63, 3.8) is 0 Å². The van der Waals surface area contributed by atoms with Crippen LogP contribution in [0.2, 0.25) is 0 Å². The molecule has 0 unspecified atom stereocenters. The lowest BCUT2D eigenvalue weighted by Crippen LogP contribution is -2.09. The van der Waals surface area contributed by atoms with Crippen molar-refractivity contribution in [2.24, 2.45) is 0 Å². The number of aromatic nitrogens is 2. The zero-order valence-corrected chi connectivity index (χ0v) is 15.7. The molecule has 4 rings (SSSR count). The minimum absolute atomic E-state index is 0.547. The molecule has 0 spiro atoms. The molecule has 0 aliphatic heterocycles. The molecular weight excluding hydrogens is 354 g/mol. The van der Waals surface area contributed by atoms with Crippen LogP contribution in [-0.4, -0.2) is 24.1 Å². The molecule has 0 amide bonds. The summed E-state index contributed by atoms with van der Waals surface area (Å²) in [6.45, 7) is 4.15. The monoisotopic (exact) mass is 371 g/mol. The number of nitrogens with zero attached hydrogens (tertiary/aromatic N) is 2. The Labute approximate surface area is 150 Å². The predicted octanol–water partition coefficient (Wildman–Crippen LogP) is 4.20. The first-order valence-corrected chi connectivity index (χ1v) is 10.5. The summed E-state index contributed by atoms with van der Waals surface area (Å²) in [6.07, 6.45) is 1.14. The number of benzene rings is 2. The first-order chi connectivity index (χ1) is 11.8. The van der Waals surface area contributed by atoms with Crippen LogP contribution in [0.25, 0.3) is 26.4 Å². The molecule has 0 saturated heterocycles. The molecule has 0 aliphatic carbocycles. The molecule has 2 aromatic carbocycles. The van der Waals surface area contributed by atoms with Gasteiger partial charge in [-0.05, 0) is 43.7 Å². The van der Waals surface area contributed by atoms with Gasteiger partial charge in [0.15, 0.2) is 4.96 Å². The van der Waals surface area contributed by atoms with E-state index in [9.17, 15) is 8.42 Å². The van der Waals surface area contributed by atoms with Crippen molar-refractivity contribution < 1.29 is 8.42 Å². The summed E-state index contributed by atoms with van der Waals surface area (Å²) in [5.74, 6) is 0. The number of rotatable bonds is 3. The van der Waals surface area contributed by atoms with Gasteiger partial charge in [-0.3, -0.25) is 9.12 Å². The third kappa shape index (κ3) is 2.89. The molecule has 5 nitrogen and oxygen atoms in total. The Morgan fingerprint density at radius 3 is 2.48 bits per heavy atom. The van der Waals surface area contributed by atoms with Gasteiger partial charge in [-0.15, -0.1) is 0 Å². The minimum Gasteiger partial charge on any atom is -0.287 e. The van der Waals surface area contributed by atoms with Crippen molar-refractivity contribution in [2.75, 3.05) is 11.0 Å². The van der Waals surface area contributed by atoms with Crippen molar-refractivity contribution in [2.45, 2.75) is 13.8 Å². The van der Waals surface area contributed by atoms with Crippen molar-refractivity contribution in [1.82, 2.24) is 9.38 Å². The number of thiazole rings is 1. The normalized spacial score (nSPS) is 12.1. The molecule has 128 valence electrons. The highest BCUT2D eigenvalue weighted by atomic mass is 32.2. The number of imidazole rings is 1. The number of aryl methyl sites for hydroxylation is 2. The van der Waals surface area contributed by atoms with E-state index >= 15 is 0 Å². The summed E-state index contributed by atoms with van der Waals surface area (Å²) in [5, 5.41) is 0. The Hall–Kier alpha value is -2.38. The van der Waals surface area contributed by atoms with E-state index in [1.165, 1.54) is 10.3 Å². The lowest BCUT2D eigenvalue weighted by atomic mass is 10.1. The van der Waals surface area contributed by atoms with Crippen LogP contribution in [-0.2, 0) is 10.0 Å². The Balaban J connectivity index is 1.80. The van der Waals surface area contributed by atoms with Gasteiger partial charge in [0.25, 0.3) is 0 Å². The average molecular weight is 371 g/mol. The lowest BCUT2D eigenvalue weighted by Gasteiger charge is -2.05. The molecule has 0 fully saturated rings. The molecule has 0 aliphatic rings. The Kier molecular flexibility index (Phi) is 3.59. The van der Waals surface area contributed by atoms with Crippen LogP contribution in [0.3, 0.4) is 0 Å². The third-order valence-corrected chi connectivity index (χ3v) is 5.71. The SMILES string of the molecule is Cc1ccc2c(c1)sc1nc(-c3ccc(NS(C)(=O)=O)cc3)c(C)n12. The van der Waals surface area contributed by atoms with Crippen molar-refractivity contribution in [1.29, 1.82) is 0 Å². The van der Waals surface area contributed by atoms with Crippen molar-refractivity contribution in [3.05, 3.63) is 53.7 Å². The van der Waals surface area contributed by atoms with Crippen molar-refractivity contribution >= 4 is 42.2 Å². The summed E-state index contributed by atoms with van der Waals surface area (Å²) < 4.78 is 28.5. The summed E-state index contributed by atoms with van der Waals surface area (Å²) in [6, 6.07) is 13.7. The number of hydrogen-bond donors (Lipinski definition) is 1. The summed E-state index contributed by atoms with van der Waals surface area (Å²) in [7, 11) is -3.27. The Morgan fingerprint density at radius 1 is 1.08 bits per heavy atom. The van der Waals surface area contributed by atoms with Gasteiger partial charge in [-0.25, -0.2) is 13.4 Å². The molecule has 0 radical (unpaired) electrons. The maximum atomic E-state index is 11.3. The topological polar surface area (TPSA) is 63.5 Å². The van der Waals surface area contributed by atoms with Crippen LogP contribution >= 0.6 is 11.3 Å². The van der Waals surface area contributed by atoms with Crippen LogP contribution in [0.15, 0.2) is 42.5 Å². The van der Waals surface area contributed by atoms with Gasteiger partial charge in [0, 0.05) is 16.9 Å². The van der Waals surface area contributed by atoms with Gasteiger partial charge in [-0.2, -0.15) is 0 Å². The Bertz CT molecular complexity index is 1200. The molecule has 7 heteroatoms. The number of hydrogen-bond acceptors (Lipinski definition) is 4. The minimum atomic E-state index is -3.27. The van der Waals surface area contributed by atoms with Crippen molar-refractivity contribution in [3.8, 4) is 11.3 Å². The molecule has 4 aromatic rings. The molecule has 1 N–H and O–H groups in total. The summed E-state index contributed by atoms with van der Waals surface area (Å²) in [5.41, 5.74) is 5.91. The van der Waals surface area contributed by atoms with Gasteiger partial charge < -0.3 is 0 Å². The van der Waals surface area contributed by atoms with E-state index in [2.05, 4.69) is 41.2 Å². The van der Waals surface area contributed by atoms with Gasteiger partial charge in [0.1, 0.15) is 0 Å². The van der Waals surface area contributed by atoms with E-state index in [1.807, 2.05) is 12.1 Å². The smallest absolute Gasteiger partial charge is 0.229 e. The third-order valence-electron chi connectivity index (χ3n) is 4.10. The molecule has 25 heavy (non-hydrogen) atoms. The van der Waals surface area contributed by atoms with Gasteiger partial charge >= 0.3 is 0 Å². The second-order valence-electron chi connectivity index (χ2n) is 6.19. The van der Waals surface area contributed by atoms with E-state index in [1.54, 1.807) is 23.5 Å². The highest BCUT2D eigenvalue weighted by molar-refractivity contribution is 7.92. The van der Waals surface area contributed by atoms with Gasteiger partial charge in [0.05, 0.1) is 22.2 Å². The number of anilines is 1. The van der Waals surface area contributed by atoms with E-state index in [0.29, 0.717) is 5.69 Å². The molecule has 2 aromatic heterocycles. The largest absolute Gasteiger partial charge is 0.287 e. The maximum absolute atomic E-state index is 11.3. The quantitative estimate of drug-likeness (QED) is 0.587. The number of sulfonamides is 1. The number of fused-ring (bicyclic) bond motifs is 3. The highest BCUT2D eigenvalue weighted by Crippen LogP contribution is 2.33. The van der Waals surface area contributed by atoms with E-state index in [-0.39, 0.29) is 0 Å². The summed E-state index contributed by atoms with van der Waals surface area (Å²) in [4.78, 5) is 5.76. The fourth-order valence-corrected chi connectivity index (χ4v) is 4.73. The number of nitrogens with one attached hydrogen (secondary N) is 1. The van der Waals surface area contributed by atoms with Gasteiger partial charge in [-0.1, -0.05) is 29.5 Å². The lowest BCUT2D eigenvalue weighted by molar-refractivity contribution is 0.607. The molecule has 0 bridgehead atoms. The van der Waals surface area contributed by atoms with Gasteiger partial charge in [0.2, 0.25) is 10.0 Å². The second-order valence-corrected chi connectivity index (χ2v) is 8.95. The van der Waals surface area contributed by atoms with E-state index < -0.39 is 10.0 Å². The fraction of sp³-hybridized carbons (Fsp3) is 0.167. The first kappa shape index (κ1) is 16.1. The highest BCUT2D eigenvalue weighted by Gasteiger charge is 2.15. The first-order valence-electron chi connectivity index (χ1n) is 7.78. The van der Waals surface area contributed by atoms with Crippen LogP contribution in [0.5, 0.6) is 0 Å². The fourth-order valence-electron chi connectivity index (χ4n) is 3.00.